The van der Waals surface area contributed by atoms with Crippen molar-refractivity contribution in [2.75, 3.05) is 13.2 Å². The number of aromatic amines is 1. The van der Waals surface area contributed by atoms with Crippen molar-refractivity contribution < 1.29 is 14.3 Å². The highest BCUT2D eigenvalue weighted by Gasteiger charge is 2.36. The Hall–Kier alpha value is -3.80. The van der Waals surface area contributed by atoms with Gasteiger partial charge in [0.1, 0.15) is 11.8 Å². The molecule has 156 valence electrons. The molecule has 1 atom stereocenters. The van der Waals surface area contributed by atoms with E-state index in [0.29, 0.717) is 23.4 Å². The molecule has 0 spiro atoms. The zero-order valence-corrected chi connectivity index (χ0v) is 17.2. The van der Waals surface area contributed by atoms with E-state index in [-0.39, 0.29) is 11.9 Å². The Kier molecular flexibility index (Phi) is 4.82. The summed E-state index contributed by atoms with van der Waals surface area (Å²) in [5.41, 5.74) is 4.75. The summed E-state index contributed by atoms with van der Waals surface area (Å²) in [5.74, 6) is 0.658. The largest absolute Gasteiger partial charge is 0.619 e. The molecule has 0 saturated carbocycles. The van der Waals surface area contributed by atoms with E-state index in [1.165, 1.54) is 23.3 Å². The van der Waals surface area contributed by atoms with Gasteiger partial charge in [0.2, 0.25) is 0 Å². The fourth-order valence-electron chi connectivity index (χ4n) is 4.50. The molecule has 0 saturated heterocycles. The second-order valence-corrected chi connectivity index (χ2v) is 7.63. The predicted molar refractivity (Wildman–Crippen MR) is 118 cm³/mol. The highest BCUT2D eigenvalue weighted by Crippen LogP contribution is 2.42. The van der Waals surface area contributed by atoms with Crippen molar-refractivity contribution in [3.63, 3.8) is 0 Å². The quantitative estimate of drug-likeness (QED) is 0.406. The van der Waals surface area contributed by atoms with E-state index in [4.69, 9.17) is 4.74 Å². The van der Waals surface area contributed by atoms with Crippen LogP contribution in [-0.4, -0.2) is 28.9 Å². The molecule has 1 N–H and O–H groups in total. The minimum Gasteiger partial charge on any atom is -0.619 e. The molecule has 3 heterocycles. The fourth-order valence-corrected chi connectivity index (χ4v) is 4.50. The van der Waals surface area contributed by atoms with Gasteiger partial charge in [-0.1, -0.05) is 36.4 Å². The highest BCUT2D eigenvalue weighted by molar-refractivity contribution is 5.95. The zero-order chi connectivity index (χ0) is 21.4. The van der Waals surface area contributed by atoms with Crippen LogP contribution in [-0.2, 0) is 6.42 Å². The Morgan fingerprint density at radius 1 is 1.13 bits per heavy atom. The Balaban J connectivity index is 1.68. The van der Waals surface area contributed by atoms with Crippen LogP contribution in [0.2, 0.25) is 0 Å². The molecule has 0 aliphatic carbocycles. The molecule has 0 bridgehead atoms. The first-order chi connectivity index (χ1) is 15.2. The summed E-state index contributed by atoms with van der Waals surface area (Å²) in [6.45, 7) is 3.07. The standard InChI is InChI=1S/C25H23N3O3/c1-2-31-22-10-6-4-8-20(22)24-23-19(18-7-3-5-9-21(18)26-23)13-16-28(24)25(29)17-11-14-27(30)15-12-17/h3-12,14-15,24,26H,2,13,16H2,1H3/t24-/m1/s1. The summed E-state index contributed by atoms with van der Waals surface area (Å²) in [5, 5.41) is 12.6. The lowest BCUT2D eigenvalue weighted by molar-refractivity contribution is -0.605. The van der Waals surface area contributed by atoms with Crippen molar-refractivity contribution in [3.05, 3.63) is 101 Å². The molecule has 0 unspecified atom stereocenters. The Bertz CT molecular complexity index is 1250. The summed E-state index contributed by atoms with van der Waals surface area (Å²) in [7, 11) is 0. The summed E-state index contributed by atoms with van der Waals surface area (Å²) in [4.78, 5) is 19.0. The number of carbonyl (C=O) groups excluding carboxylic acids is 1. The van der Waals surface area contributed by atoms with Crippen LogP contribution in [0, 0.1) is 5.21 Å². The van der Waals surface area contributed by atoms with Gasteiger partial charge in [-0.2, -0.15) is 4.73 Å². The number of fused-ring (bicyclic) bond motifs is 3. The van der Waals surface area contributed by atoms with Gasteiger partial charge in [-0.3, -0.25) is 4.79 Å². The number of rotatable bonds is 4. The third kappa shape index (κ3) is 3.30. The Labute approximate surface area is 180 Å². The minimum absolute atomic E-state index is 0.110. The molecule has 1 aliphatic heterocycles. The lowest BCUT2D eigenvalue weighted by Crippen LogP contribution is -2.41. The molecular weight excluding hydrogens is 390 g/mol. The van der Waals surface area contributed by atoms with E-state index in [1.54, 1.807) is 12.1 Å². The first-order valence-corrected chi connectivity index (χ1v) is 10.5. The molecule has 2 aromatic carbocycles. The number of H-pyrrole nitrogens is 1. The van der Waals surface area contributed by atoms with Crippen molar-refractivity contribution in [2.24, 2.45) is 0 Å². The maximum absolute atomic E-state index is 13.5. The second kappa shape index (κ2) is 7.80. The number of amides is 1. The molecule has 6 nitrogen and oxygen atoms in total. The molecule has 2 aromatic heterocycles. The smallest absolute Gasteiger partial charge is 0.255 e. The van der Waals surface area contributed by atoms with E-state index in [2.05, 4.69) is 17.1 Å². The zero-order valence-electron chi connectivity index (χ0n) is 17.2. The van der Waals surface area contributed by atoms with Crippen molar-refractivity contribution in [3.8, 4) is 5.75 Å². The average molecular weight is 413 g/mol. The van der Waals surface area contributed by atoms with Crippen LogP contribution < -0.4 is 9.47 Å². The lowest BCUT2D eigenvalue weighted by atomic mass is 9.91. The van der Waals surface area contributed by atoms with Gasteiger partial charge in [-0.05, 0) is 31.0 Å². The predicted octanol–water partition coefficient (Wildman–Crippen LogP) is 3.99. The van der Waals surface area contributed by atoms with Crippen LogP contribution in [0.25, 0.3) is 10.9 Å². The van der Waals surface area contributed by atoms with Crippen LogP contribution in [0.4, 0.5) is 0 Å². The van der Waals surface area contributed by atoms with Crippen LogP contribution in [0.15, 0.2) is 73.1 Å². The molecule has 0 fully saturated rings. The topological polar surface area (TPSA) is 72.3 Å². The third-order valence-electron chi connectivity index (χ3n) is 5.86. The average Bonchev–Trinajstić information content (AvgIpc) is 3.18. The van der Waals surface area contributed by atoms with Crippen LogP contribution in [0.1, 0.15) is 40.1 Å². The first kappa shape index (κ1) is 19.2. The first-order valence-electron chi connectivity index (χ1n) is 10.5. The van der Waals surface area contributed by atoms with E-state index in [0.717, 1.165) is 28.9 Å². The van der Waals surface area contributed by atoms with Gasteiger partial charge >= 0.3 is 0 Å². The summed E-state index contributed by atoms with van der Waals surface area (Å²) in [6, 6.07) is 19.0. The Morgan fingerprint density at radius 2 is 1.87 bits per heavy atom. The van der Waals surface area contributed by atoms with Crippen molar-refractivity contribution in [1.29, 1.82) is 0 Å². The molecule has 1 amide bonds. The van der Waals surface area contributed by atoms with Gasteiger partial charge in [0.15, 0.2) is 12.4 Å². The van der Waals surface area contributed by atoms with Gasteiger partial charge in [-0.15, -0.1) is 0 Å². The van der Waals surface area contributed by atoms with E-state index in [1.807, 2.05) is 48.2 Å². The van der Waals surface area contributed by atoms with E-state index < -0.39 is 0 Å². The molecular formula is C25H23N3O3. The number of pyridine rings is 1. The lowest BCUT2D eigenvalue weighted by Gasteiger charge is -2.37. The SMILES string of the molecule is CCOc1ccccc1[C@@H]1c2[nH]c3ccccc3c2CCN1C(=O)c1cc[n+]([O-])cc1. The van der Waals surface area contributed by atoms with Gasteiger partial charge < -0.3 is 19.8 Å². The van der Waals surface area contributed by atoms with Crippen molar-refractivity contribution in [1.82, 2.24) is 9.88 Å². The normalized spacial score (nSPS) is 15.6. The number of hydrogen-bond donors (Lipinski definition) is 1. The summed E-state index contributed by atoms with van der Waals surface area (Å²) >= 11 is 0. The van der Waals surface area contributed by atoms with Gasteiger partial charge in [0.25, 0.3) is 5.91 Å². The van der Waals surface area contributed by atoms with Crippen LogP contribution in [0.5, 0.6) is 5.75 Å². The highest BCUT2D eigenvalue weighted by atomic mass is 16.5. The molecule has 6 heteroatoms. The molecule has 31 heavy (non-hydrogen) atoms. The second-order valence-electron chi connectivity index (χ2n) is 7.63. The maximum Gasteiger partial charge on any atom is 0.255 e. The van der Waals surface area contributed by atoms with Crippen molar-refractivity contribution >= 4 is 16.8 Å². The number of carbonyl (C=O) groups is 1. The number of ether oxygens (including phenoxy) is 1. The Morgan fingerprint density at radius 3 is 2.68 bits per heavy atom. The molecule has 1 aliphatic rings. The van der Waals surface area contributed by atoms with Gasteiger partial charge in [0.05, 0.1) is 12.2 Å². The van der Waals surface area contributed by atoms with Gasteiger partial charge in [-0.25, -0.2) is 0 Å². The van der Waals surface area contributed by atoms with Crippen LogP contribution in [0.3, 0.4) is 0 Å². The number of hydrogen-bond acceptors (Lipinski definition) is 3. The fraction of sp³-hybridized carbons (Fsp3) is 0.200. The third-order valence-corrected chi connectivity index (χ3v) is 5.86. The minimum atomic E-state index is -0.314. The number of nitrogens with zero attached hydrogens (tertiary/aromatic N) is 2. The van der Waals surface area contributed by atoms with E-state index >= 15 is 0 Å². The monoisotopic (exact) mass is 413 g/mol. The van der Waals surface area contributed by atoms with Crippen molar-refractivity contribution in [2.45, 2.75) is 19.4 Å². The van der Waals surface area contributed by atoms with E-state index in [9.17, 15) is 10.0 Å². The number of para-hydroxylation sites is 2. The number of benzene rings is 2. The maximum atomic E-state index is 13.5. The van der Waals surface area contributed by atoms with Crippen LogP contribution >= 0.6 is 0 Å². The summed E-state index contributed by atoms with van der Waals surface area (Å²) in [6.07, 6.45) is 3.47. The molecule has 0 radical (unpaired) electrons. The van der Waals surface area contributed by atoms with Gasteiger partial charge in [0, 0.05) is 40.8 Å². The molecule has 4 aromatic rings. The number of nitrogens with one attached hydrogen (secondary N) is 1. The number of aromatic nitrogens is 2. The summed E-state index contributed by atoms with van der Waals surface area (Å²) < 4.78 is 6.62. The molecule has 5 rings (SSSR count).